The van der Waals surface area contributed by atoms with E-state index in [2.05, 4.69) is 49.2 Å². The van der Waals surface area contributed by atoms with E-state index in [4.69, 9.17) is 0 Å². The third kappa shape index (κ3) is 3.50. The van der Waals surface area contributed by atoms with Gasteiger partial charge in [0.25, 0.3) is 0 Å². The fraction of sp³-hybridized carbons (Fsp3) is 0.650. The van der Waals surface area contributed by atoms with E-state index in [-0.39, 0.29) is 11.9 Å². The molecule has 2 aliphatic heterocycles. The van der Waals surface area contributed by atoms with Crippen LogP contribution in [0.15, 0.2) is 18.2 Å². The molecule has 2 heterocycles. The first kappa shape index (κ1) is 17.4. The number of hydrogen-bond donors (Lipinski definition) is 1. The van der Waals surface area contributed by atoms with E-state index >= 15 is 0 Å². The van der Waals surface area contributed by atoms with Crippen molar-refractivity contribution in [3.05, 3.63) is 29.3 Å². The van der Waals surface area contributed by atoms with E-state index in [0.29, 0.717) is 12.0 Å². The van der Waals surface area contributed by atoms with Gasteiger partial charge in [-0.05, 0) is 42.9 Å². The second-order valence-electron chi connectivity index (χ2n) is 7.76. The van der Waals surface area contributed by atoms with E-state index in [0.717, 1.165) is 38.3 Å². The number of fused-ring (bicyclic) bond motifs is 1. The molecule has 0 spiro atoms. The number of hydrogen-bond acceptors (Lipinski definition) is 3. The monoisotopic (exact) mass is 329 g/mol. The Hall–Kier alpha value is -1.39. The predicted octanol–water partition coefficient (Wildman–Crippen LogP) is 2.98. The smallest absolute Gasteiger partial charge is 0.224 e. The maximum absolute atomic E-state index is 11.9. The number of rotatable bonds is 4. The second-order valence-corrected chi connectivity index (χ2v) is 7.76. The van der Waals surface area contributed by atoms with Crippen LogP contribution < -0.4 is 10.2 Å². The van der Waals surface area contributed by atoms with Gasteiger partial charge in [0.05, 0.1) is 0 Å². The number of anilines is 1. The van der Waals surface area contributed by atoms with Crippen molar-refractivity contribution in [1.82, 2.24) is 10.2 Å². The van der Waals surface area contributed by atoms with E-state index < -0.39 is 0 Å². The van der Waals surface area contributed by atoms with Crippen LogP contribution in [0.5, 0.6) is 0 Å². The first-order chi connectivity index (χ1) is 11.5. The third-order valence-electron chi connectivity index (χ3n) is 5.33. The van der Waals surface area contributed by atoms with E-state index in [1.165, 1.54) is 17.5 Å². The molecule has 0 radical (unpaired) electrons. The molecule has 1 amide bonds. The summed E-state index contributed by atoms with van der Waals surface area (Å²) in [5.41, 5.74) is 3.86. The molecule has 1 aromatic carbocycles. The number of benzene rings is 1. The Bertz CT molecular complexity index is 593. The molecule has 4 heteroatoms. The Morgan fingerprint density at radius 3 is 2.62 bits per heavy atom. The highest BCUT2D eigenvalue weighted by molar-refractivity contribution is 5.94. The maximum atomic E-state index is 11.9. The summed E-state index contributed by atoms with van der Waals surface area (Å²) in [6.45, 7) is 12.8. The summed E-state index contributed by atoms with van der Waals surface area (Å²) < 4.78 is 0. The molecule has 132 valence electrons. The molecule has 0 aliphatic carbocycles. The Morgan fingerprint density at radius 2 is 2.00 bits per heavy atom. The summed E-state index contributed by atoms with van der Waals surface area (Å²) >= 11 is 0. The lowest BCUT2D eigenvalue weighted by atomic mass is 9.93. The lowest BCUT2D eigenvalue weighted by Gasteiger charge is -2.36. The van der Waals surface area contributed by atoms with Gasteiger partial charge in [-0.3, -0.25) is 9.69 Å². The van der Waals surface area contributed by atoms with E-state index in [1.807, 2.05) is 4.90 Å². The molecule has 3 rings (SSSR count). The van der Waals surface area contributed by atoms with Gasteiger partial charge in [-0.2, -0.15) is 0 Å². The normalized spacial score (nSPS) is 22.7. The van der Waals surface area contributed by atoms with Crippen molar-refractivity contribution in [2.75, 3.05) is 31.1 Å². The highest BCUT2D eigenvalue weighted by Gasteiger charge is 2.30. The number of carbonyl (C=O) groups excluding carboxylic acids is 1. The van der Waals surface area contributed by atoms with Gasteiger partial charge < -0.3 is 10.2 Å². The molecule has 0 aromatic heterocycles. The van der Waals surface area contributed by atoms with Crippen LogP contribution in [-0.4, -0.2) is 43.0 Å². The molecule has 1 saturated heterocycles. The van der Waals surface area contributed by atoms with Crippen molar-refractivity contribution in [2.24, 2.45) is 5.92 Å². The SMILES string of the molecule is CC(=O)N1c2ccc(C(CC(C)C)N3CCNCC3)cc2CC1C. The minimum absolute atomic E-state index is 0.148. The Balaban J connectivity index is 1.89. The molecule has 1 fully saturated rings. The van der Waals surface area contributed by atoms with Crippen molar-refractivity contribution in [2.45, 2.75) is 52.6 Å². The standard InChI is InChI=1S/C20H31N3O/c1-14(2)11-20(22-9-7-21-8-10-22)17-5-6-19-18(13-17)12-15(3)23(19)16(4)24/h5-6,13-15,20-21H,7-12H2,1-4H3. The van der Waals surface area contributed by atoms with Crippen LogP contribution >= 0.6 is 0 Å². The number of nitrogens with one attached hydrogen (secondary N) is 1. The second kappa shape index (κ2) is 7.24. The van der Waals surface area contributed by atoms with Gasteiger partial charge >= 0.3 is 0 Å². The Morgan fingerprint density at radius 1 is 1.29 bits per heavy atom. The highest BCUT2D eigenvalue weighted by atomic mass is 16.2. The highest BCUT2D eigenvalue weighted by Crippen LogP contribution is 2.36. The molecule has 0 saturated carbocycles. The molecule has 1 N–H and O–H groups in total. The average Bonchev–Trinajstić information content (AvgIpc) is 2.88. The van der Waals surface area contributed by atoms with Crippen LogP contribution in [-0.2, 0) is 11.2 Å². The van der Waals surface area contributed by atoms with Crippen LogP contribution in [0.2, 0.25) is 0 Å². The summed E-state index contributed by atoms with van der Waals surface area (Å²) in [5.74, 6) is 0.820. The summed E-state index contributed by atoms with van der Waals surface area (Å²) in [4.78, 5) is 16.5. The summed E-state index contributed by atoms with van der Waals surface area (Å²) in [5, 5.41) is 3.45. The first-order valence-electron chi connectivity index (χ1n) is 9.34. The van der Waals surface area contributed by atoms with Gasteiger partial charge in [-0.15, -0.1) is 0 Å². The zero-order valence-electron chi connectivity index (χ0n) is 15.5. The van der Waals surface area contributed by atoms with Crippen molar-refractivity contribution in [1.29, 1.82) is 0 Å². The van der Waals surface area contributed by atoms with Crippen molar-refractivity contribution < 1.29 is 4.79 Å². The molecule has 4 nitrogen and oxygen atoms in total. The minimum Gasteiger partial charge on any atom is -0.314 e. The summed E-state index contributed by atoms with van der Waals surface area (Å²) in [7, 11) is 0. The lowest BCUT2D eigenvalue weighted by molar-refractivity contribution is -0.116. The van der Waals surface area contributed by atoms with Gasteiger partial charge in [0.15, 0.2) is 0 Å². The zero-order chi connectivity index (χ0) is 17.3. The van der Waals surface area contributed by atoms with Crippen LogP contribution in [0.4, 0.5) is 5.69 Å². The largest absolute Gasteiger partial charge is 0.314 e. The summed E-state index contributed by atoms with van der Waals surface area (Å²) in [6.07, 6.45) is 2.16. The third-order valence-corrected chi connectivity index (χ3v) is 5.33. The molecule has 2 atom stereocenters. The van der Waals surface area contributed by atoms with Crippen LogP contribution in [0.25, 0.3) is 0 Å². The zero-order valence-corrected chi connectivity index (χ0v) is 15.5. The quantitative estimate of drug-likeness (QED) is 0.922. The van der Waals surface area contributed by atoms with Gasteiger partial charge in [0, 0.05) is 50.9 Å². The first-order valence-corrected chi connectivity index (χ1v) is 9.34. The fourth-order valence-corrected chi connectivity index (χ4v) is 4.27. The minimum atomic E-state index is 0.148. The molecule has 2 aliphatic rings. The molecular weight excluding hydrogens is 298 g/mol. The Kier molecular flexibility index (Phi) is 5.26. The maximum Gasteiger partial charge on any atom is 0.224 e. The van der Waals surface area contributed by atoms with E-state index in [1.54, 1.807) is 6.92 Å². The predicted molar refractivity (Wildman–Crippen MR) is 99.4 cm³/mol. The lowest BCUT2D eigenvalue weighted by Crippen LogP contribution is -2.45. The van der Waals surface area contributed by atoms with Gasteiger partial charge in [-0.25, -0.2) is 0 Å². The molecule has 2 unspecified atom stereocenters. The number of piperazine rings is 1. The number of amides is 1. The number of nitrogens with zero attached hydrogens (tertiary/aromatic N) is 2. The van der Waals surface area contributed by atoms with Gasteiger partial charge in [-0.1, -0.05) is 26.0 Å². The van der Waals surface area contributed by atoms with Crippen molar-refractivity contribution in [3.63, 3.8) is 0 Å². The summed E-state index contributed by atoms with van der Waals surface area (Å²) in [6, 6.07) is 7.55. The molecule has 1 aromatic rings. The van der Waals surface area contributed by atoms with Gasteiger partial charge in [0.1, 0.15) is 0 Å². The van der Waals surface area contributed by atoms with Gasteiger partial charge in [0.2, 0.25) is 5.91 Å². The molecule has 0 bridgehead atoms. The number of carbonyl (C=O) groups is 1. The van der Waals surface area contributed by atoms with Crippen LogP contribution in [0.1, 0.15) is 51.3 Å². The molecule has 24 heavy (non-hydrogen) atoms. The average molecular weight is 329 g/mol. The van der Waals surface area contributed by atoms with Crippen LogP contribution in [0.3, 0.4) is 0 Å². The van der Waals surface area contributed by atoms with Crippen LogP contribution in [0, 0.1) is 5.92 Å². The van der Waals surface area contributed by atoms with E-state index in [9.17, 15) is 4.79 Å². The molecular formula is C20H31N3O. The Labute approximate surface area is 146 Å². The topological polar surface area (TPSA) is 35.6 Å². The fourth-order valence-electron chi connectivity index (χ4n) is 4.27. The van der Waals surface area contributed by atoms with Crippen molar-refractivity contribution >= 4 is 11.6 Å². The van der Waals surface area contributed by atoms with Crippen molar-refractivity contribution in [3.8, 4) is 0 Å².